The zero-order valence-corrected chi connectivity index (χ0v) is 14.4. The smallest absolute Gasteiger partial charge is 0.407 e. The number of hydrogen-bond acceptors (Lipinski definition) is 5. The molecule has 2 rings (SSSR count). The Balaban J connectivity index is 1.77. The molecule has 0 unspecified atom stereocenters. The van der Waals surface area contributed by atoms with E-state index in [4.69, 9.17) is 9.47 Å². The Bertz CT molecular complexity index is 775. The Morgan fingerprint density at radius 3 is 2.69 bits per heavy atom. The highest BCUT2D eigenvalue weighted by Gasteiger charge is 2.09. The van der Waals surface area contributed by atoms with Crippen LogP contribution in [0.25, 0.3) is 6.08 Å². The van der Waals surface area contributed by atoms with Crippen LogP contribution in [0.4, 0.5) is 10.5 Å². The second-order valence-electron chi connectivity index (χ2n) is 5.36. The third-order valence-corrected chi connectivity index (χ3v) is 3.51. The van der Waals surface area contributed by atoms with Crippen molar-refractivity contribution in [2.75, 3.05) is 13.7 Å². The van der Waals surface area contributed by atoms with Gasteiger partial charge in [-0.25, -0.2) is 4.79 Å². The SMILES string of the molecule is COc1ccc([N+](=O)[O-])cc1C=CCCNC(=O)OCc1ccccc1. The number of nitro benzene ring substituents is 1. The number of nitrogens with one attached hydrogen (secondary N) is 1. The summed E-state index contributed by atoms with van der Waals surface area (Å²) < 4.78 is 10.3. The number of rotatable bonds is 8. The number of nitro groups is 1. The molecule has 0 heterocycles. The zero-order valence-electron chi connectivity index (χ0n) is 14.4. The molecular formula is C19H20N2O5. The van der Waals surface area contributed by atoms with Crippen LogP contribution in [0.15, 0.2) is 54.6 Å². The molecule has 0 radical (unpaired) electrons. The van der Waals surface area contributed by atoms with E-state index in [2.05, 4.69) is 5.32 Å². The van der Waals surface area contributed by atoms with Crippen LogP contribution in [0.5, 0.6) is 5.75 Å². The van der Waals surface area contributed by atoms with E-state index in [0.717, 1.165) is 5.56 Å². The molecule has 0 atom stereocenters. The van der Waals surface area contributed by atoms with Crippen molar-refractivity contribution in [2.45, 2.75) is 13.0 Å². The second-order valence-corrected chi connectivity index (χ2v) is 5.36. The van der Waals surface area contributed by atoms with Crippen molar-refractivity contribution in [3.63, 3.8) is 0 Å². The highest BCUT2D eigenvalue weighted by Crippen LogP contribution is 2.25. The lowest BCUT2D eigenvalue weighted by Crippen LogP contribution is -2.24. The molecule has 0 bridgehead atoms. The number of carbonyl (C=O) groups is 1. The molecule has 7 heteroatoms. The minimum Gasteiger partial charge on any atom is -0.496 e. The van der Waals surface area contributed by atoms with E-state index in [1.807, 2.05) is 30.3 Å². The lowest BCUT2D eigenvalue weighted by atomic mass is 10.1. The predicted octanol–water partition coefficient (Wildman–Crippen LogP) is 3.93. The fourth-order valence-electron chi connectivity index (χ4n) is 2.21. The molecule has 1 amide bonds. The van der Waals surface area contributed by atoms with Crippen LogP contribution in [0.1, 0.15) is 17.5 Å². The van der Waals surface area contributed by atoms with Gasteiger partial charge in [0.1, 0.15) is 12.4 Å². The van der Waals surface area contributed by atoms with E-state index in [9.17, 15) is 14.9 Å². The van der Waals surface area contributed by atoms with E-state index < -0.39 is 11.0 Å². The van der Waals surface area contributed by atoms with E-state index >= 15 is 0 Å². The van der Waals surface area contributed by atoms with Crippen molar-refractivity contribution in [3.05, 3.63) is 75.8 Å². The van der Waals surface area contributed by atoms with Crippen LogP contribution >= 0.6 is 0 Å². The summed E-state index contributed by atoms with van der Waals surface area (Å²) in [6, 6.07) is 13.8. The van der Waals surface area contributed by atoms with Crippen molar-refractivity contribution in [3.8, 4) is 5.75 Å². The monoisotopic (exact) mass is 356 g/mol. The number of hydrogen-bond donors (Lipinski definition) is 1. The summed E-state index contributed by atoms with van der Waals surface area (Å²) in [6.45, 7) is 0.606. The van der Waals surface area contributed by atoms with Gasteiger partial charge in [0.15, 0.2) is 0 Å². The number of nitrogens with zero attached hydrogens (tertiary/aromatic N) is 1. The third kappa shape index (κ3) is 5.94. The average molecular weight is 356 g/mol. The molecule has 26 heavy (non-hydrogen) atoms. The summed E-state index contributed by atoms with van der Waals surface area (Å²) in [7, 11) is 1.50. The van der Waals surface area contributed by atoms with Crippen molar-refractivity contribution in [1.29, 1.82) is 0 Å². The van der Waals surface area contributed by atoms with Crippen molar-refractivity contribution in [2.24, 2.45) is 0 Å². The van der Waals surface area contributed by atoms with Gasteiger partial charge in [-0.1, -0.05) is 42.5 Å². The Kier molecular flexibility index (Phi) is 7.17. The number of amides is 1. The van der Waals surface area contributed by atoms with E-state index in [-0.39, 0.29) is 12.3 Å². The zero-order chi connectivity index (χ0) is 18.8. The molecular weight excluding hydrogens is 336 g/mol. The third-order valence-electron chi connectivity index (χ3n) is 3.51. The molecule has 0 aliphatic heterocycles. The predicted molar refractivity (Wildman–Crippen MR) is 97.9 cm³/mol. The molecule has 0 saturated carbocycles. The van der Waals surface area contributed by atoms with Gasteiger partial charge in [0.05, 0.1) is 12.0 Å². The number of benzene rings is 2. The normalized spacial score (nSPS) is 10.5. The first-order chi connectivity index (χ1) is 12.6. The lowest BCUT2D eigenvalue weighted by molar-refractivity contribution is -0.384. The van der Waals surface area contributed by atoms with Gasteiger partial charge < -0.3 is 14.8 Å². The largest absolute Gasteiger partial charge is 0.496 e. The van der Waals surface area contributed by atoms with Gasteiger partial charge in [0, 0.05) is 24.2 Å². The fourth-order valence-corrected chi connectivity index (χ4v) is 2.21. The maximum absolute atomic E-state index is 11.6. The second kappa shape index (κ2) is 9.83. The molecule has 0 aromatic heterocycles. The topological polar surface area (TPSA) is 90.7 Å². The Labute approximate surface area is 151 Å². The maximum Gasteiger partial charge on any atom is 0.407 e. The summed E-state index contributed by atoms with van der Waals surface area (Å²) in [5, 5.41) is 13.5. The summed E-state index contributed by atoms with van der Waals surface area (Å²) in [5.74, 6) is 0.544. The van der Waals surface area contributed by atoms with Gasteiger partial charge in [-0.2, -0.15) is 0 Å². The van der Waals surface area contributed by atoms with Crippen molar-refractivity contribution >= 4 is 17.9 Å². The van der Waals surface area contributed by atoms with Crippen LogP contribution in [0.3, 0.4) is 0 Å². The Morgan fingerprint density at radius 2 is 2.00 bits per heavy atom. The molecule has 0 spiro atoms. The molecule has 1 N–H and O–H groups in total. The first kappa shape index (κ1) is 19.0. The van der Waals surface area contributed by atoms with Crippen LogP contribution in [-0.2, 0) is 11.3 Å². The summed E-state index contributed by atoms with van der Waals surface area (Å²) in [6.07, 6.45) is 3.59. The molecule has 0 aliphatic carbocycles. The number of carbonyl (C=O) groups excluding carboxylic acids is 1. The standard InChI is InChI=1S/C19H20N2O5/c1-25-18-11-10-17(21(23)24)13-16(18)9-5-6-12-20-19(22)26-14-15-7-3-2-4-8-15/h2-5,7-11,13H,6,12,14H2,1H3,(H,20,22). The molecule has 7 nitrogen and oxygen atoms in total. The van der Waals surface area contributed by atoms with E-state index in [0.29, 0.717) is 24.3 Å². The minimum atomic E-state index is -0.491. The average Bonchev–Trinajstić information content (AvgIpc) is 2.66. The van der Waals surface area contributed by atoms with Gasteiger partial charge in [-0.15, -0.1) is 0 Å². The van der Waals surface area contributed by atoms with E-state index in [1.165, 1.54) is 19.2 Å². The lowest BCUT2D eigenvalue weighted by Gasteiger charge is -2.06. The van der Waals surface area contributed by atoms with Gasteiger partial charge >= 0.3 is 6.09 Å². The molecule has 2 aromatic carbocycles. The Hall–Kier alpha value is -3.35. The number of alkyl carbamates (subject to hydrolysis) is 1. The quantitative estimate of drug-likeness (QED) is 0.439. The number of non-ortho nitro benzene ring substituents is 1. The molecule has 0 aliphatic rings. The summed E-state index contributed by atoms with van der Waals surface area (Å²) >= 11 is 0. The maximum atomic E-state index is 11.6. The first-order valence-electron chi connectivity index (χ1n) is 8.03. The van der Waals surface area contributed by atoms with Crippen molar-refractivity contribution in [1.82, 2.24) is 5.32 Å². The van der Waals surface area contributed by atoms with Gasteiger partial charge in [-0.3, -0.25) is 10.1 Å². The van der Waals surface area contributed by atoms with Crippen molar-refractivity contribution < 1.29 is 19.2 Å². The van der Waals surface area contributed by atoms with Gasteiger partial charge in [0.25, 0.3) is 5.69 Å². The molecule has 0 fully saturated rings. The Morgan fingerprint density at radius 1 is 1.23 bits per heavy atom. The van der Waals surface area contributed by atoms with Crippen LogP contribution in [-0.4, -0.2) is 24.7 Å². The highest BCUT2D eigenvalue weighted by atomic mass is 16.6. The molecule has 0 saturated heterocycles. The van der Waals surface area contributed by atoms with Gasteiger partial charge in [-0.05, 0) is 18.1 Å². The summed E-state index contributed by atoms with van der Waals surface area (Å²) in [4.78, 5) is 22.0. The molecule has 136 valence electrons. The van der Waals surface area contributed by atoms with Gasteiger partial charge in [0.2, 0.25) is 0 Å². The summed E-state index contributed by atoms with van der Waals surface area (Å²) in [5.41, 5.74) is 1.52. The number of ether oxygens (including phenoxy) is 2. The molecule has 2 aromatic rings. The van der Waals surface area contributed by atoms with Crippen LogP contribution in [0.2, 0.25) is 0 Å². The highest BCUT2D eigenvalue weighted by molar-refractivity contribution is 5.67. The fraction of sp³-hybridized carbons (Fsp3) is 0.211. The van der Waals surface area contributed by atoms with Crippen LogP contribution < -0.4 is 10.1 Å². The minimum absolute atomic E-state index is 0.00642. The van der Waals surface area contributed by atoms with E-state index in [1.54, 1.807) is 18.2 Å². The van der Waals surface area contributed by atoms with Crippen LogP contribution in [0, 0.1) is 10.1 Å². The first-order valence-corrected chi connectivity index (χ1v) is 8.03. The number of methoxy groups -OCH3 is 1.